The fourth-order valence-electron chi connectivity index (χ4n) is 2.77. The van der Waals surface area contributed by atoms with Gasteiger partial charge in [0.15, 0.2) is 4.34 Å². The van der Waals surface area contributed by atoms with Crippen LogP contribution in [0.3, 0.4) is 0 Å². The summed E-state index contributed by atoms with van der Waals surface area (Å²) in [6.07, 6.45) is 0. The number of hydrazone groups is 1. The van der Waals surface area contributed by atoms with E-state index in [9.17, 15) is 4.79 Å². The van der Waals surface area contributed by atoms with Crippen LogP contribution in [0.2, 0.25) is 5.02 Å². The lowest BCUT2D eigenvalue weighted by Gasteiger charge is -2.05. The molecule has 7 heteroatoms. The molecule has 0 atom stereocenters. The van der Waals surface area contributed by atoms with E-state index in [1.165, 1.54) is 4.70 Å². The molecule has 4 nitrogen and oxygen atoms in total. The van der Waals surface area contributed by atoms with Crippen molar-refractivity contribution in [2.45, 2.75) is 17.0 Å². The van der Waals surface area contributed by atoms with Crippen LogP contribution in [0.4, 0.5) is 0 Å². The van der Waals surface area contributed by atoms with E-state index in [1.807, 2.05) is 61.5 Å². The molecule has 4 aromatic rings. The highest BCUT2D eigenvalue weighted by Gasteiger charge is 2.07. The van der Waals surface area contributed by atoms with Crippen molar-refractivity contribution in [3.8, 4) is 0 Å². The number of carbonyl (C=O) groups excluding carboxylic acids is 1. The zero-order valence-corrected chi connectivity index (χ0v) is 18.5. The zero-order chi connectivity index (χ0) is 20.9. The van der Waals surface area contributed by atoms with Crippen LogP contribution in [0, 0.1) is 0 Å². The maximum absolute atomic E-state index is 12.4. The number of carbonyl (C=O) groups is 1. The molecule has 0 aliphatic heterocycles. The number of hydrogen-bond acceptors (Lipinski definition) is 5. The highest BCUT2D eigenvalue weighted by atomic mass is 35.5. The number of nitrogens with one attached hydrogen (secondary N) is 1. The Bertz CT molecular complexity index is 1170. The van der Waals surface area contributed by atoms with Gasteiger partial charge in [0.25, 0.3) is 5.91 Å². The SMILES string of the molecule is CC(=NNC(=O)c1ccc(CSc2nc3ccccc3s2)cc1)c1ccc(Cl)cc1. The van der Waals surface area contributed by atoms with Gasteiger partial charge in [0.2, 0.25) is 0 Å². The quantitative estimate of drug-likeness (QED) is 0.210. The average molecular weight is 452 g/mol. The molecule has 150 valence electrons. The Balaban J connectivity index is 1.34. The second-order valence-electron chi connectivity index (χ2n) is 6.58. The van der Waals surface area contributed by atoms with E-state index in [1.54, 1.807) is 35.2 Å². The molecule has 1 amide bonds. The summed E-state index contributed by atoms with van der Waals surface area (Å²) in [5, 5.41) is 4.85. The monoisotopic (exact) mass is 451 g/mol. The number of amides is 1. The van der Waals surface area contributed by atoms with E-state index in [4.69, 9.17) is 11.6 Å². The summed E-state index contributed by atoms with van der Waals surface area (Å²) in [7, 11) is 0. The van der Waals surface area contributed by atoms with E-state index in [2.05, 4.69) is 21.6 Å². The Hall–Kier alpha value is -2.67. The molecule has 1 aromatic heterocycles. The number of thioether (sulfide) groups is 1. The standard InChI is InChI=1S/C23H18ClN3OS2/c1-15(17-10-12-19(24)13-11-17)26-27-22(28)18-8-6-16(7-9-18)14-29-23-25-20-4-2-3-5-21(20)30-23/h2-13H,14H2,1H3,(H,27,28). The van der Waals surface area contributed by atoms with Gasteiger partial charge >= 0.3 is 0 Å². The van der Waals surface area contributed by atoms with Gasteiger partial charge in [-0.2, -0.15) is 5.10 Å². The number of para-hydroxylation sites is 1. The van der Waals surface area contributed by atoms with Crippen molar-refractivity contribution >= 4 is 56.5 Å². The van der Waals surface area contributed by atoms with Gasteiger partial charge in [0.1, 0.15) is 0 Å². The lowest BCUT2D eigenvalue weighted by atomic mass is 10.1. The van der Waals surface area contributed by atoms with Gasteiger partial charge in [0, 0.05) is 16.3 Å². The van der Waals surface area contributed by atoms with Gasteiger partial charge in [-0.3, -0.25) is 4.79 Å². The molecule has 4 rings (SSSR count). The smallest absolute Gasteiger partial charge is 0.267 e. The first-order valence-electron chi connectivity index (χ1n) is 9.26. The first kappa shape index (κ1) is 20.6. The molecule has 1 heterocycles. The highest BCUT2D eigenvalue weighted by molar-refractivity contribution is 8.00. The summed E-state index contributed by atoms with van der Waals surface area (Å²) in [6.45, 7) is 1.84. The van der Waals surface area contributed by atoms with Crippen LogP contribution < -0.4 is 5.43 Å². The molecule has 3 aromatic carbocycles. The summed E-state index contributed by atoms with van der Waals surface area (Å²) in [5.74, 6) is 0.559. The minimum atomic E-state index is -0.242. The third-order valence-electron chi connectivity index (χ3n) is 4.44. The molecule has 0 aliphatic rings. The third kappa shape index (κ3) is 5.08. The molecule has 0 spiro atoms. The van der Waals surface area contributed by atoms with Crippen molar-refractivity contribution in [3.05, 3.63) is 94.5 Å². The Labute approximate surface area is 188 Å². The lowest BCUT2D eigenvalue weighted by molar-refractivity contribution is 0.0955. The fraction of sp³-hybridized carbons (Fsp3) is 0.0870. The Kier molecular flexibility index (Phi) is 6.47. The van der Waals surface area contributed by atoms with Crippen molar-refractivity contribution in [3.63, 3.8) is 0 Å². The van der Waals surface area contributed by atoms with Crippen molar-refractivity contribution in [2.75, 3.05) is 0 Å². The minimum Gasteiger partial charge on any atom is -0.267 e. The average Bonchev–Trinajstić information content (AvgIpc) is 3.20. The van der Waals surface area contributed by atoms with Gasteiger partial charge in [-0.25, -0.2) is 10.4 Å². The first-order valence-corrected chi connectivity index (χ1v) is 11.4. The van der Waals surface area contributed by atoms with Crippen LogP contribution in [0.1, 0.15) is 28.4 Å². The molecule has 0 unspecified atom stereocenters. The normalized spacial score (nSPS) is 11.6. The van der Waals surface area contributed by atoms with E-state index in [-0.39, 0.29) is 5.91 Å². The van der Waals surface area contributed by atoms with Crippen LogP contribution in [0.15, 0.2) is 82.2 Å². The van der Waals surface area contributed by atoms with E-state index in [0.717, 1.165) is 26.7 Å². The summed E-state index contributed by atoms with van der Waals surface area (Å²) >= 11 is 9.30. The number of hydrogen-bond donors (Lipinski definition) is 1. The number of benzene rings is 3. The molecule has 0 aliphatic carbocycles. The minimum absolute atomic E-state index is 0.242. The maximum atomic E-state index is 12.4. The molecule has 1 N–H and O–H groups in total. The Morgan fingerprint density at radius 3 is 2.47 bits per heavy atom. The zero-order valence-electron chi connectivity index (χ0n) is 16.1. The predicted molar refractivity (Wildman–Crippen MR) is 127 cm³/mol. The number of thiazole rings is 1. The molecule has 0 saturated carbocycles. The molecule has 0 fully saturated rings. The second-order valence-corrected chi connectivity index (χ2v) is 9.27. The summed E-state index contributed by atoms with van der Waals surface area (Å²) in [4.78, 5) is 17.0. The van der Waals surface area contributed by atoms with Crippen molar-refractivity contribution < 1.29 is 4.79 Å². The Morgan fingerprint density at radius 2 is 1.73 bits per heavy atom. The van der Waals surface area contributed by atoms with Crippen LogP contribution >= 0.6 is 34.7 Å². The Morgan fingerprint density at radius 1 is 1.03 bits per heavy atom. The molecular formula is C23H18ClN3OS2. The molecule has 0 radical (unpaired) electrons. The van der Waals surface area contributed by atoms with Gasteiger partial charge in [-0.1, -0.05) is 59.8 Å². The predicted octanol–water partition coefficient (Wildman–Crippen LogP) is 6.40. The number of halogens is 1. The third-order valence-corrected chi connectivity index (χ3v) is 6.94. The van der Waals surface area contributed by atoms with E-state index < -0.39 is 0 Å². The number of fused-ring (bicyclic) bond motifs is 1. The van der Waals surface area contributed by atoms with Crippen LogP contribution in [0.25, 0.3) is 10.2 Å². The van der Waals surface area contributed by atoms with Crippen LogP contribution in [-0.2, 0) is 5.75 Å². The van der Waals surface area contributed by atoms with Gasteiger partial charge in [0.05, 0.1) is 15.9 Å². The van der Waals surface area contributed by atoms with Crippen LogP contribution in [0.5, 0.6) is 0 Å². The summed E-state index contributed by atoms with van der Waals surface area (Å²) < 4.78 is 2.24. The second kappa shape index (κ2) is 9.43. The fourth-order valence-corrected chi connectivity index (χ4v) is 4.92. The largest absolute Gasteiger partial charge is 0.271 e. The number of aromatic nitrogens is 1. The van der Waals surface area contributed by atoms with E-state index in [0.29, 0.717) is 16.3 Å². The van der Waals surface area contributed by atoms with Crippen molar-refractivity contribution in [1.82, 2.24) is 10.4 Å². The topological polar surface area (TPSA) is 54.4 Å². The van der Waals surface area contributed by atoms with Crippen LogP contribution in [-0.4, -0.2) is 16.6 Å². The molecule has 0 saturated heterocycles. The first-order chi connectivity index (χ1) is 14.6. The van der Waals surface area contributed by atoms with Crippen molar-refractivity contribution in [2.24, 2.45) is 5.10 Å². The summed E-state index contributed by atoms with van der Waals surface area (Å²) in [5.41, 5.74) is 6.96. The number of rotatable bonds is 6. The summed E-state index contributed by atoms with van der Waals surface area (Å²) in [6, 6.07) is 23.0. The van der Waals surface area contributed by atoms with Gasteiger partial charge in [-0.05, 0) is 54.4 Å². The lowest BCUT2D eigenvalue weighted by Crippen LogP contribution is -2.19. The highest BCUT2D eigenvalue weighted by Crippen LogP contribution is 2.31. The van der Waals surface area contributed by atoms with E-state index >= 15 is 0 Å². The molecule has 0 bridgehead atoms. The molecular weight excluding hydrogens is 434 g/mol. The maximum Gasteiger partial charge on any atom is 0.271 e. The van der Waals surface area contributed by atoms with Gasteiger partial charge < -0.3 is 0 Å². The van der Waals surface area contributed by atoms with Crippen molar-refractivity contribution in [1.29, 1.82) is 0 Å². The molecule has 30 heavy (non-hydrogen) atoms. The number of nitrogens with zero attached hydrogens (tertiary/aromatic N) is 2. The van der Waals surface area contributed by atoms with Gasteiger partial charge in [-0.15, -0.1) is 11.3 Å².